The second kappa shape index (κ2) is 11.8. The lowest BCUT2D eigenvalue weighted by Crippen LogP contribution is -2.41. The second-order valence-electron chi connectivity index (χ2n) is 6.72. The molecule has 2 unspecified atom stereocenters. The molecule has 3 N–H and O–H groups in total. The maximum Gasteiger partial charge on any atom is 0.191 e. The minimum atomic E-state index is -0.822. The van der Waals surface area contributed by atoms with E-state index in [0.29, 0.717) is 29.6 Å². The van der Waals surface area contributed by atoms with Crippen LogP contribution < -0.4 is 24.8 Å². The molecule has 1 aliphatic heterocycles. The van der Waals surface area contributed by atoms with E-state index in [4.69, 9.17) is 14.2 Å². The highest BCUT2D eigenvalue weighted by atomic mass is 127. The van der Waals surface area contributed by atoms with Crippen molar-refractivity contribution in [1.29, 1.82) is 0 Å². The molecule has 3 rings (SSSR count). The second-order valence-corrected chi connectivity index (χ2v) is 6.72. The summed E-state index contributed by atoms with van der Waals surface area (Å²) in [6.45, 7) is 3.56. The lowest BCUT2D eigenvalue weighted by atomic mass is 10.0. The topological polar surface area (TPSA) is 84.3 Å². The van der Waals surface area contributed by atoms with Gasteiger partial charge in [0.25, 0.3) is 0 Å². The Kier molecular flexibility index (Phi) is 9.51. The molecule has 7 nitrogen and oxygen atoms in total. The van der Waals surface area contributed by atoms with Crippen molar-refractivity contribution in [2.45, 2.75) is 25.5 Å². The predicted octanol–water partition coefficient (Wildman–Crippen LogP) is 3.43. The van der Waals surface area contributed by atoms with E-state index in [1.165, 1.54) is 0 Å². The molecule has 0 bridgehead atoms. The first kappa shape index (κ1) is 24.1. The zero-order valence-electron chi connectivity index (χ0n) is 17.6. The Labute approximate surface area is 194 Å². The monoisotopic (exact) mass is 527 g/mol. The van der Waals surface area contributed by atoms with Crippen molar-refractivity contribution >= 4 is 29.9 Å². The van der Waals surface area contributed by atoms with Gasteiger partial charge in [0.2, 0.25) is 0 Å². The first-order chi connectivity index (χ1) is 14.2. The summed E-state index contributed by atoms with van der Waals surface area (Å²) in [6.07, 6.45) is 0.0192. The van der Waals surface area contributed by atoms with E-state index in [1.54, 1.807) is 32.4 Å². The summed E-state index contributed by atoms with van der Waals surface area (Å²) in [6, 6.07) is 13.5. The van der Waals surface area contributed by atoms with Crippen LogP contribution in [0.1, 0.15) is 36.6 Å². The van der Waals surface area contributed by atoms with Gasteiger partial charge in [-0.15, -0.1) is 24.0 Å². The van der Waals surface area contributed by atoms with Gasteiger partial charge in [-0.2, -0.15) is 0 Å². The number of hydrogen-bond acceptors (Lipinski definition) is 5. The van der Waals surface area contributed by atoms with Crippen molar-refractivity contribution in [3.8, 4) is 17.2 Å². The molecule has 164 valence electrons. The number of halogens is 1. The first-order valence-electron chi connectivity index (χ1n) is 9.82. The molecule has 0 aliphatic carbocycles. The zero-order valence-corrected chi connectivity index (χ0v) is 19.9. The van der Waals surface area contributed by atoms with Crippen molar-refractivity contribution in [3.63, 3.8) is 0 Å². The van der Waals surface area contributed by atoms with E-state index in [1.807, 2.05) is 25.1 Å². The minimum absolute atomic E-state index is 0. The maximum atomic E-state index is 10.7. The minimum Gasteiger partial charge on any atom is -0.497 e. The van der Waals surface area contributed by atoms with Gasteiger partial charge in [-0.3, -0.25) is 4.99 Å². The third-order valence-corrected chi connectivity index (χ3v) is 4.83. The Morgan fingerprint density at radius 1 is 1.23 bits per heavy atom. The van der Waals surface area contributed by atoms with Crippen LogP contribution in [0, 0.1) is 0 Å². The summed E-state index contributed by atoms with van der Waals surface area (Å²) >= 11 is 0. The van der Waals surface area contributed by atoms with E-state index in [-0.39, 0.29) is 36.6 Å². The lowest BCUT2D eigenvalue weighted by Gasteiger charge is -2.28. The number of fused-ring (bicyclic) bond motifs is 1. The molecule has 0 aromatic heterocycles. The van der Waals surface area contributed by atoms with Gasteiger partial charge in [-0.25, -0.2) is 0 Å². The quantitative estimate of drug-likeness (QED) is 0.291. The Balaban J connectivity index is 0.00000320. The normalized spacial score (nSPS) is 16.4. The number of nitrogens with one attached hydrogen (secondary N) is 2. The number of rotatable bonds is 7. The molecule has 2 aromatic rings. The molecule has 1 aliphatic rings. The van der Waals surface area contributed by atoms with Gasteiger partial charge in [-0.1, -0.05) is 18.2 Å². The third kappa shape index (κ3) is 5.91. The summed E-state index contributed by atoms with van der Waals surface area (Å²) < 4.78 is 16.4. The van der Waals surface area contributed by atoms with Gasteiger partial charge in [0.15, 0.2) is 5.96 Å². The fourth-order valence-electron chi connectivity index (χ4n) is 3.35. The SMILES string of the molecule is CCNC(=NCC(O)c1cc(OC)ccc1OC)NC1CCOc2ccccc21.I. The molecule has 0 saturated heterocycles. The number of aliphatic imine (C=N–C) groups is 1. The third-order valence-electron chi connectivity index (χ3n) is 4.83. The zero-order chi connectivity index (χ0) is 20.6. The molecule has 0 fully saturated rings. The van der Waals surface area contributed by atoms with Crippen molar-refractivity contribution in [3.05, 3.63) is 53.6 Å². The van der Waals surface area contributed by atoms with Crippen molar-refractivity contribution < 1.29 is 19.3 Å². The molecule has 0 spiro atoms. The molecule has 2 aromatic carbocycles. The van der Waals surface area contributed by atoms with E-state index in [9.17, 15) is 5.11 Å². The Morgan fingerprint density at radius 2 is 2.03 bits per heavy atom. The summed E-state index contributed by atoms with van der Waals surface area (Å²) in [4.78, 5) is 4.59. The largest absolute Gasteiger partial charge is 0.497 e. The number of guanidine groups is 1. The number of ether oxygens (including phenoxy) is 3. The van der Waals surface area contributed by atoms with Crippen LogP contribution in [0.3, 0.4) is 0 Å². The van der Waals surface area contributed by atoms with Gasteiger partial charge in [0.1, 0.15) is 23.4 Å². The van der Waals surface area contributed by atoms with Gasteiger partial charge in [-0.05, 0) is 31.2 Å². The molecule has 30 heavy (non-hydrogen) atoms. The molecule has 8 heteroatoms. The Morgan fingerprint density at radius 3 is 2.77 bits per heavy atom. The number of benzene rings is 2. The summed E-state index contributed by atoms with van der Waals surface area (Å²) in [7, 11) is 3.17. The van der Waals surface area contributed by atoms with Crippen molar-refractivity contribution in [2.75, 3.05) is 33.9 Å². The number of para-hydroxylation sites is 1. The Hall–Kier alpha value is -2.20. The van der Waals surface area contributed by atoms with E-state index in [0.717, 1.165) is 24.3 Å². The summed E-state index contributed by atoms with van der Waals surface area (Å²) in [5.74, 6) is 2.81. The van der Waals surface area contributed by atoms with Crippen LogP contribution in [0.2, 0.25) is 0 Å². The number of methoxy groups -OCH3 is 2. The first-order valence-corrected chi connectivity index (χ1v) is 9.82. The lowest BCUT2D eigenvalue weighted by molar-refractivity contribution is 0.182. The van der Waals surface area contributed by atoms with Gasteiger partial charge in [0.05, 0.1) is 33.4 Å². The van der Waals surface area contributed by atoms with Crippen LogP contribution in [0.5, 0.6) is 17.2 Å². The number of hydrogen-bond donors (Lipinski definition) is 3. The van der Waals surface area contributed by atoms with E-state index < -0.39 is 6.10 Å². The predicted molar refractivity (Wildman–Crippen MR) is 128 cm³/mol. The van der Waals surface area contributed by atoms with Crippen molar-refractivity contribution in [1.82, 2.24) is 10.6 Å². The molecule has 2 atom stereocenters. The van der Waals surface area contributed by atoms with E-state index >= 15 is 0 Å². The highest BCUT2D eigenvalue weighted by Gasteiger charge is 2.22. The van der Waals surface area contributed by atoms with Crippen LogP contribution >= 0.6 is 24.0 Å². The summed E-state index contributed by atoms with van der Waals surface area (Å²) in [5.41, 5.74) is 1.75. The standard InChI is InChI=1S/C22H29N3O4.HI/c1-4-23-22(25-18-11-12-29-21-8-6-5-7-16(18)21)24-14-19(26)17-13-15(27-2)9-10-20(17)28-3;/h5-10,13,18-19,26H,4,11-12,14H2,1-3H3,(H2,23,24,25);1H. The molecule has 0 radical (unpaired) electrons. The number of aliphatic hydroxyl groups is 1. The molecular formula is C22H30IN3O4. The number of nitrogens with zero attached hydrogens (tertiary/aromatic N) is 1. The molecule has 1 heterocycles. The smallest absolute Gasteiger partial charge is 0.191 e. The van der Waals surface area contributed by atoms with Gasteiger partial charge < -0.3 is 30.0 Å². The molecule has 0 amide bonds. The van der Waals surface area contributed by atoms with Crippen LogP contribution in [-0.2, 0) is 0 Å². The van der Waals surface area contributed by atoms with Crippen LogP contribution in [0.15, 0.2) is 47.5 Å². The highest BCUT2D eigenvalue weighted by molar-refractivity contribution is 14.0. The van der Waals surface area contributed by atoms with Gasteiger partial charge in [0, 0.05) is 24.1 Å². The number of aliphatic hydroxyl groups excluding tert-OH is 1. The average Bonchev–Trinajstić information content (AvgIpc) is 2.77. The fraction of sp³-hybridized carbons (Fsp3) is 0.409. The van der Waals surface area contributed by atoms with Crippen LogP contribution in [0.4, 0.5) is 0 Å². The van der Waals surface area contributed by atoms with E-state index in [2.05, 4.69) is 21.7 Å². The Bertz CT molecular complexity index is 847. The maximum absolute atomic E-state index is 10.7. The van der Waals surface area contributed by atoms with Crippen LogP contribution in [-0.4, -0.2) is 45.0 Å². The van der Waals surface area contributed by atoms with Crippen LogP contribution in [0.25, 0.3) is 0 Å². The highest BCUT2D eigenvalue weighted by Crippen LogP contribution is 2.32. The molecular weight excluding hydrogens is 497 g/mol. The van der Waals surface area contributed by atoms with Crippen molar-refractivity contribution in [2.24, 2.45) is 4.99 Å². The van der Waals surface area contributed by atoms with Gasteiger partial charge >= 0.3 is 0 Å². The summed E-state index contributed by atoms with van der Waals surface area (Å²) in [5, 5.41) is 17.4. The molecule has 0 saturated carbocycles. The fourth-order valence-corrected chi connectivity index (χ4v) is 3.35. The average molecular weight is 527 g/mol.